The fraction of sp³-hybridized carbons (Fsp3) is 0.778. The summed E-state index contributed by atoms with van der Waals surface area (Å²) in [5.74, 6) is 0. The second-order valence-electron chi connectivity index (χ2n) is 2.94. The zero-order valence-electron chi connectivity index (χ0n) is 8.07. The van der Waals surface area contributed by atoms with E-state index in [0.717, 1.165) is 25.7 Å². The van der Waals surface area contributed by atoms with Crippen LogP contribution in [0.2, 0.25) is 0 Å². The van der Waals surface area contributed by atoms with Gasteiger partial charge < -0.3 is 0 Å². The molecule has 14 heavy (non-hydrogen) atoms. The van der Waals surface area contributed by atoms with Gasteiger partial charge in [0.05, 0.1) is 0 Å². The molecule has 84 valence electrons. The summed E-state index contributed by atoms with van der Waals surface area (Å²) in [6.07, 6.45) is 1.32. The summed E-state index contributed by atoms with van der Waals surface area (Å²) < 4.78 is 34.7. The van der Waals surface area contributed by atoms with E-state index in [9.17, 15) is 13.2 Å². The highest BCUT2D eigenvalue weighted by Gasteiger charge is 2.27. The van der Waals surface area contributed by atoms with Crippen molar-refractivity contribution in [3.63, 3.8) is 0 Å². The van der Waals surface area contributed by atoms with Crippen LogP contribution in [0.4, 0.5) is 13.2 Å². The van der Waals surface area contributed by atoms with Crippen molar-refractivity contribution in [3.05, 3.63) is 12.7 Å². The van der Waals surface area contributed by atoms with E-state index in [4.69, 9.17) is 0 Å². The highest BCUT2D eigenvalue weighted by molar-refractivity contribution is 4.65. The molecule has 0 rings (SSSR count). The number of hydroxylamine groups is 1. The van der Waals surface area contributed by atoms with Gasteiger partial charge in [-0.05, 0) is 19.3 Å². The molecule has 0 atom stereocenters. The molecule has 0 aliphatic carbocycles. The van der Waals surface area contributed by atoms with Crippen LogP contribution in [0, 0.1) is 0 Å². The second-order valence-corrected chi connectivity index (χ2v) is 2.94. The van der Waals surface area contributed by atoms with Gasteiger partial charge in [-0.15, -0.1) is 6.58 Å². The Bertz CT molecular complexity index is 147. The molecule has 0 bridgehead atoms. The number of allylic oxidation sites excluding steroid dienone is 1. The maximum Gasteiger partial charge on any atom is 0.413 e. The van der Waals surface area contributed by atoms with E-state index in [1.165, 1.54) is 0 Å². The average Bonchev–Trinajstić information content (AvgIpc) is 2.08. The minimum atomic E-state index is -4.25. The van der Waals surface area contributed by atoms with Crippen molar-refractivity contribution < 1.29 is 18.0 Å². The summed E-state index contributed by atoms with van der Waals surface area (Å²) >= 11 is 0. The first-order chi connectivity index (χ1) is 6.56. The second kappa shape index (κ2) is 7.82. The minimum absolute atomic E-state index is 0.452. The topological polar surface area (TPSA) is 21.3 Å². The molecule has 0 aromatic carbocycles. The summed E-state index contributed by atoms with van der Waals surface area (Å²) in [6, 6.07) is 0. The smallest absolute Gasteiger partial charge is 0.292 e. The van der Waals surface area contributed by atoms with Crippen molar-refractivity contribution in [1.29, 1.82) is 0 Å². The van der Waals surface area contributed by atoms with E-state index < -0.39 is 12.8 Å². The van der Waals surface area contributed by atoms with E-state index in [1.54, 1.807) is 0 Å². The van der Waals surface area contributed by atoms with Gasteiger partial charge in [-0.1, -0.05) is 12.5 Å². The van der Waals surface area contributed by atoms with Crippen molar-refractivity contribution in [2.45, 2.75) is 31.9 Å². The lowest BCUT2D eigenvalue weighted by atomic mass is 10.2. The maximum absolute atomic E-state index is 11.6. The molecule has 0 heterocycles. The Balaban J connectivity index is 3.03. The predicted molar refractivity (Wildman–Crippen MR) is 48.7 cm³/mol. The number of hydrogen-bond donors (Lipinski definition) is 1. The van der Waals surface area contributed by atoms with E-state index in [-0.39, 0.29) is 0 Å². The van der Waals surface area contributed by atoms with Gasteiger partial charge in [0.2, 0.25) is 0 Å². The number of nitrogens with one attached hydrogen (secondary N) is 1. The highest BCUT2D eigenvalue weighted by Crippen LogP contribution is 2.13. The Morgan fingerprint density at radius 2 is 1.93 bits per heavy atom. The van der Waals surface area contributed by atoms with Gasteiger partial charge in [-0.25, -0.2) is 5.48 Å². The van der Waals surface area contributed by atoms with Crippen LogP contribution in [0.15, 0.2) is 12.7 Å². The number of hydrogen-bond acceptors (Lipinski definition) is 2. The molecule has 0 spiro atoms. The van der Waals surface area contributed by atoms with Crippen LogP contribution in [0.5, 0.6) is 0 Å². The molecular weight excluding hydrogens is 195 g/mol. The van der Waals surface area contributed by atoms with Crippen LogP contribution in [0.3, 0.4) is 0 Å². The van der Waals surface area contributed by atoms with E-state index in [2.05, 4.69) is 16.9 Å². The van der Waals surface area contributed by atoms with Crippen molar-refractivity contribution in [2.75, 3.05) is 13.2 Å². The van der Waals surface area contributed by atoms with Gasteiger partial charge in [-0.3, -0.25) is 4.84 Å². The van der Waals surface area contributed by atoms with Crippen LogP contribution < -0.4 is 5.48 Å². The lowest BCUT2D eigenvalue weighted by Crippen LogP contribution is -2.25. The summed E-state index contributed by atoms with van der Waals surface area (Å²) in [6.45, 7) is 2.78. The van der Waals surface area contributed by atoms with E-state index in [0.29, 0.717) is 6.54 Å². The molecule has 0 saturated heterocycles. The van der Waals surface area contributed by atoms with E-state index >= 15 is 0 Å². The SMILES string of the molecule is C=CCCCCCNOCC(F)(F)F. The monoisotopic (exact) mass is 211 g/mol. The van der Waals surface area contributed by atoms with Crippen LogP contribution in [-0.2, 0) is 4.84 Å². The van der Waals surface area contributed by atoms with Gasteiger partial charge in [0.15, 0.2) is 6.61 Å². The third kappa shape index (κ3) is 11.4. The van der Waals surface area contributed by atoms with E-state index in [1.807, 2.05) is 6.08 Å². The predicted octanol–water partition coefficient (Wildman–Crippen LogP) is 2.82. The summed E-state index contributed by atoms with van der Waals surface area (Å²) in [4.78, 5) is 4.21. The summed E-state index contributed by atoms with van der Waals surface area (Å²) in [5, 5.41) is 0. The Morgan fingerprint density at radius 3 is 2.50 bits per heavy atom. The third-order valence-corrected chi connectivity index (χ3v) is 1.52. The van der Waals surface area contributed by atoms with Gasteiger partial charge in [0.25, 0.3) is 0 Å². The third-order valence-electron chi connectivity index (χ3n) is 1.52. The minimum Gasteiger partial charge on any atom is -0.292 e. The zero-order chi connectivity index (χ0) is 10.9. The molecule has 0 saturated carbocycles. The number of halogens is 3. The molecule has 5 heteroatoms. The fourth-order valence-corrected chi connectivity index (χ4v) is 0.868. The van der Waals surface area contributed by atoms with Gasteiger partial charge in [0, 0.05) is 6.54 Å². The van der Waals surface area contributed by atoms with Gasteiger partial charge in [-0.2, -0.15) is 13.2 Å². The molecule has 0 amide bonds. The Kier molecular flexibility index (Phi) is 7.51. The molecule has 0 fully saturated rings. The van der Waals surface area contributed by atoms with Crippen molar-refractivity contribution in [3.8, 4) is 0 Å². The first-order valence-electron chi connectivity index (χ1n) is 4.58. The fourth-order valence-electron chi connectivity index (χ4n) is 0.868. The maximum atomic E-state index is 11.6. The lowest BCUT2D eigenvalue weighted by Gasteiger charge is -2.07. The largest absolute Gasteiger partial charge is 0.413 e. The van der Waals surface area contributed by atoms with Crippen LogP contribution in [0.25, 0.3) is 0 Å². The molecule has 0 unspecified atom stereocenters. The van der Waals surface area contributed by atoms with Crippen molar-refractivity contribution >= 4 is 0 Å². The molecule has 0 radical (unpaired) electrons. The quantitative estimate of drug-likeness (QED) is 0.378. The zero-order valence-corrected chi connectivity index (χ0v) is 8.07. The average molecular weight is 211 g/mol. The Hall–Kier alpha value is -0.550. The van der Waals surface area contributed by atoms with Crippen molar-refractivity contribution in [1.82, 2.24) is 5.48 Å². The molecule has 0 aliphatic rings. The summed E-state index contributed by atoms with van der Waals surface area (Å²) in [7, 11) is 0. The molecular formula is C9H16F3NO. The van der Waals surface area contributed by atoms with Crippen molar-refractivity contribution in [2.24, 2.45) is 0 Å². The normalized spacial score (nSPS) is 11.6. The van der Waals surface area contributed by atoms with Gasteiger partial charge >= 0.3 is 6.18 Å². The number of rotatable bonds is 8. The Morgan fingerprint density at radius 1 is 1.21 bits per heavy atom. The Labute approximate surface area is 82.1 Å². The standard InChI is InChI=1S/C9H16F3NO/c1-2-3-4-5-6-7-13-14-8-9(10,11)12/h2,13H,1,3-8H2. The molecule has 0 aliphatic heterocycles. The molecule has 0 aromatic rings. The molecule has 1 N–H and O–H groups in total. The highest BCUT2D eigenvalue weighted by atomic mass is 19.4. The van der Waals surface area contributed by atoms with Crippen LogP contribution in [-0.4, -0.2) is 19.3 Å². The van der Waals surface area contributed by atoms with Crippen LogP contribution in [0.1, 0.15) is 25.7 Å². The number of unbranched alkanes of at least 4 members (excludes halogenated alkanes) is 3. The number of alkyl halides is 3. The van der Waals surface area contributed by atoms with Crippen LogP contribution >= 0.6 is 0 Å². The lowest BCUT2D eigenvalue weighted by molar-refractivity contribution is -0.189. The molecule has 2 nitrogen and oxygen atoms in total. The first kappa shape index (κ1) is 13.4. The summed E-state index contributed by atoms with van der Waals surface area (Å²) in [5.41, 5.74) is 2.27. The molecule has 0 aromatic heterocycles. The van der Waals surface area contributed by atoms with Gasteiger partial charge in [0.1, 0.15) is 0 Å². The first-order valence-corrected chi connectivity index (χ1v) is 4.58.